The number of aromatic nitrogens is 1. The molecule has 0 saturated carbocycles. The molecule has 18 heavy (non-hydrogen) atoms. The Balaban J connectivity index is 2.05. The number of halogens is 1. The number of hydrogen-bond donors (Lipinski definition) is 0. The Labute approximate surface area is 113 Å². The van der Waals surface area contributed by atoms with Gasteiger partial charge in [0, 0.05) is 16.1 Å². The number of fused-ring (bicyclic) bond motifs is 1. The zero-order chi connectivity index (χ0) is 12.4. The molecule has 0 N–H and O–H groups in total. The van der Waals surface area contributed by atoms with Crippen LogP contribution in [0.5, 0.6) is 11.6 Å². The summed E-state index contributed by atoms with van der Waals surface area (Å²) in [5, 5.41) is 2.14. The van der Waals surface area contributed by atoms with Gasteiger partial charge in [-0.25, -0.2) is 4.98 Å². The molecule has 0 radical (unpaired) electrons. The molecule has 0 atom stereocenters. The lowest BCUT2D eigenvalue weighted by atomic mass is 10.2. The van der Waals surface area contributed by atoms with Crippen LogP contribution in [0.1, 0.15) is 0 Å². The number of nitrogens with zero attached hydrogens (tertiary/aromatic N) is 1. The molecule has 88 valence electrons. The van der Waals surface area contributed by atoms with Crippen LogP contribution in [0.3, 0.4) is 0 Å². The normalized spacial score (nSPS) is 10.5. The molecule has 0 aliphatic carbocycles. The van der Waals surface area contributed by atoms with E-state index in [1.54, 1.807) is 6.20 Å². The molecule has 1 heterocycles. The standard InChI is InChI=1S/C15H10BrNO/c16-12-5-3-6-13(10-12)18-15-14-7-2-1-4-11(14)8-9-17-15/h1-10H. The summed E-state index contributed by atoms with van der Waals surface area (Å²) in [6.07, 6.45) is 1.76. The van der Waals surface area contributed by atoms with E-state index < -0.39 is 0 Å². The van der Waals surface area contributed by atoms with Crippen molar-refractivity contribution in [3.8, 4) is 11.6 Å². The first-order chi connectivity index (χ1) is 8.83. The van der Waals surface area contributed by atoms with Gasteiger partial charge in [-0.1, -0.05) is 40.2 Å². The largest absolute Gasteiger partial charge is 0.438 e. The fraction of sp³-hybridized carbons (Fsp3) is 0. The summed E-state index contributed by atoms with van der Waals surface area (Å²) in [4.78, 5) is 4.29. The van der Waals surface area contributed by atoms with Crippen molar-refractivity contribution in [3.05, 3.63) is 65.3 Å². The molecule has 1 aromatic heterocycles. The summed E-state index contributed by atoms with van der Waals surface area (Å²) in [5.41, 5.74) is 0. The van der Waals surface area contributed by atoms with E-state index in [-0.39, 0.29) is 0 Å². The zero-order valence-electron chi connectivity index (χ0n) is 9.51. The van der Waals surface area contributed by atoms with Crippen molar-refractivity contribution in [1.29, 1.82) is 0 Å². The van der Waals surface area contributed by atoms with E-state index in [4.69, 9.17) is 4.74 Å². The summed E-state index contributed by atoms with van der Waals surface area (Å²) in [7, 11) is 0. The van der Waals surface area contributed by atoms with E-state index >= 15 is 0 Å². The van der Waals surface area contributed by atoms with Crippen LogP contribution in [-0.4, -0.2) is 4.98 Å². The van der Waals surface area contributed by atoms with Gasteiger partial charge in [0.05, 0.1) is 0 Å². The van der Waals surface area contributed by atoms with E-state index in [0.29, 0.717) is 5.88 Å². The van der Waals surface area contributed by atoms with Gasteiger partial charge in [0.15, 0.2) is 0 Å². The lowest BCUT2D eigenvalue weighted by Gasteiger charge is -2.07. The summed E-state index contributed by atoms with van der Waals surface area (Å²) in [5.74, 6) is 1.40. The van der Waals surface area contributed by atoms with E-state index in [1.807, 2.05) is 54.6 Å². The molecule has 3 aromatic rings. The number of rotatable bonds is 2. The molecule has 2 nitrogen and oxygen atoms in total. The molecule has 0 unspecified atom stereocenters. The van der Waals surface area contributed by atoms with Crippen molar-refractivity contribution >= 4 is 26.7 Å². The molecule has 3 rings (SSSR count). The first-order valence-electron chi connectivity index (χ1n) is 5.60. The molecule has 2 aromatic carbocycles. The average molecular weight is 300 g/mol. The average Bonchev–Trinajstić information content (AvgIpc) is 2.39. The van der Waals surface area contributed by atoms with Crippen LogP contribution >= 0.6 is 15.9 Å². The minimum Gasteiger partial charge on any atom is -0.438 e. The topological polar surface area (TPSA) is 22.1 Å². The first kappa shape index (κ1) is 11.2. The molecular weight excluding hydrogens is 290 g/mol. The highest BCUT2D eigenvalue weighted by molar-refractivity contribution is 9.10. The summed E-state index contributed by atoms with van der Waals surface area (Å²) < 4.78 is 6.82. The van der Waals surface area contributed by atoms with Gasteiger partial charge in [0.25, 0.3) is 0 Å². The summed E-state index contributed by atoms with van der Waals surface area (Å²) >= 11 is 3.42. The van der Waals surface area contributed by atoms with Gasteiger partial charge in [-0.2, -0.15) is 0 Å². The van der Waals surface area contributed by atoms with Crippen LogP contribution < -0.4 is 4.74 Å². The maximum atomic E-state index is 5.83. The van der Waals surface area contributed by atoms with Crippen LogP contribution in [0.15, 0.2) is 65.3 Å². The maximum Gasteiger partial charge on any atom is 0.227 e. The van der Waals surface area contributed by atoms with E-state index in [2.05, 4.69) is 20.9 Å². The molecular formula is C15H10BrNO. The minimum absolute atomic E-state index is 0.631. The number of pyridine rings is 1. The molecule has 0 aliphatic rings. The summed E-state index contributed by atoms with van der Waals surface area (Å²) in [6, 6.07) is 17.7. The second-order valence-electron chi connectivity index (χ2n) is 3.90. The van der Waals surface area contributed by atoms with Gasteiger partial charge in [0.1, 0.15) is 5.75 Å². The van der Waals surface area contributed by atoms with Crippen molar-refractivity contribution in [2.75, 3.05) is 0 Å². The molecule has 0 fully saturated rings. The Morgan fingerprint density at radius 2 is 1.83 bits per heavy atom. The highest BCUT2D eigenvalue weighted by Crippen LogP contribution is 2.28. The molecule has 0 saturated heterocycles. The molecule has 0 bridgehead atoms. The summed E-state index contributed by atoms with van der Waals surface area (Å²) in [6.45, 7) is 0. The van der Waals surface area contributed by atoms with Crippen molar-refractivity contribution in [3.63, 3.8) is 0 Å². The van der Waals surface area contributed by atoms with E-state index in [0.717, 1.165) is 21.0 Å². The number of hydrogen-bond acceptors (Lipinski definition) is 2. The highest BCUT2D eigenvalue weighted by Gasteiger charge is 2.04. The predicted octanol–water partition coefficient (Wildman–Crippen LogP) is 4.79. The third kappa shape index (κ3) is 2.22. The third-order valence-electron chi connectivity index (χ3n) is 2.65. The fourth-order valence-electron chi connectivity index (χ4n) is 1.82. The predicted molar refractivity (Wildman–Crippen MR) is 76.0 cm³/mol. The Morgan fingerprint density at radius 1 is 0.944 bits per heavy atom. The van der Waals surface area contributed by atoms with Gasteiger partial charge in [-0.3, -0.25) is 0 Å². The Bertz CT molecular complexity index is 691. The lowest BCUT2D eigenvalue weighted by molar-refractivity contribution is 0.469. The molecule has 0 spiro atoms. The highest BCUT2D eigenvalue weighted by atomic mass is 79.9. The van der Waals surface area contributed by atoms with Crippen molar-refractivity contribution in [2.24, 2.45) is 0 Å². The fourth-order valence-corrected chi connectivity index (χ4v) is 2.19. The maximum absolute atomic E-state index is 5.83. The second kappa shape index (κ2) is 4.78. The van der Waals surface area contributed by atoms with E-state index in [1.165, 1.54) is 0 Å². The van der Waals surface area contributed by atoms with Gasteiger partial charge in [0.2, 0.25) is 5.88 Å². The zero-order valence-corrected chi connectivity index (χ0v) is 11.1. The lowest BCUT2D eigenvalue weighted by Crippen LogP contribution is -1.88. The number of benzene rings is 2. The van der Waals surface area contributed by atoms with Gasteiger partial charge in [-0.05, 0) is 35.7 Å². The van der Waals surface area contributed by atoms with Gasteiger partial charge in [-0.15, -0.1) is 0 Å². The first-order valence-corrected chi connectivity index (χ1v) is 6.39. The third-order valence-corrected chi connectivity index (χ3v) is 3.14. The van der Waals surface area contributed by atoms with E-state index in [9.17, 15) is 0 Å². The quantitative estimate of drug-likeness (QED) is 0.679. The molecule has 0 aliphatic heterocycles. The van der Waals surface area contributed by atoms with Crippen molar-refractivity contribution < 1.29 is 4.74 Å². The molecule has 3 heteroatoms. The Kier molecular flexibility index (Phi) is 2.99. The van der Waals surface area contributed by atoms with Crippen LogP contribution in [-0.2, 0) is 0 Å². The second-order valence-corrected chi connectivity index (χ2v) is 4.81. The Hall–Kier alpha value is -1.87. The number of ether oxygens (including phenoxy) is 1. The SMILES string of the molecule is Brc1cccc(Oc2nccc3ccccc23)c1. The minimum atomic E-state index is 0.631. The Morgan fingerprint density at radius 3 is 2.72 bits per heavy atom. The van der Waals surface area contributed by atoms with Crippen LogP contribution in [0.25, 0.3) is 10.8 Å². The van der Waals surface area contributed by atoms with Crippen molar-refractivity contribution in [1.82, 2.24) is 4.98 Å². The van der Waals surface area contributed by atoms with Gasteiger partial charge >= 0.3 is 0 Å². The molecule has 0 amide bonds. The van der Waals surface area contributed by atoms with Crippen LogP contribution in [0.2, 0.25) is 0 Å². The van der Waals surface area contributed by atoms with Crippen LogP contribution in [0, 0.1) is 0 Å². The van der Waals surface area contributed by atoms with Crippen molar-refractivity contribution in [2.45, 2.75) is 0 Å². The van der Waals surface area contributed by atoms with Crippen LogP contribution in [0.4, 0.5) is 0 Å². The monoisotopic (exact) mass is 299 g/mol. The van der Waals surface area contributed by atoms with Gasteiger partial charge < -0.3 is 4.74 Å². The smallest absolute Gasteiger partial charge is 0.227 e.